The van der Waals surface area contributed by atoms with Crippen LogP contribution < -0.4 is 0 Å². The Balaban J connectivity index is 2.15. The number of rotatable bonds is 2. The van der Waals surface area contributed by atoms with Gasteiger partial charge in [-0.15, -0.1) is 0 Å². The third kappa shape index (κ3) is 1.12. The lowest BCUT2D eigenvalue weighted by molar-refractivity contribution is -0.115. The maximum atomic E-state index is 11.6. The Morgan fingerprint density at radius 1 is 1.25 bits per heavy atom. The third-order valence-electron chi connectivity index (χ3n) is 2.99. The van der Waals surface area contributed by atoms with E-state index in [-0.39, 0.29) is 11.7 Å². The average molecular weight is 208 g/mol. The molecule has 0 aromatic heterocycles. The van der Waals surface area contributed by atoms with Crippen molar-refractivity contribution in [2.45, 2.75) is 5.92 Å². The zero-order valence-electron chi connectivity index (χ0n) is 8.42. The predicted molar refractivity (Wildman–Crippen MR) is 60.5 cm³/mol. The van der Waals surface area contributed by atoms with Gasteiger partial charge in [0.1, 0.15) is 0 Å². The molecule has 0 amide bonds. The van der Waals surface area contributed by atoms with Crippen LogP contribution in [-0.2, 0) is 4.79 Å². The summed E-state index contributed by atoms with van der Waals surface area (Å²) >= 11 is 0. The van der Waals surface area contributed by atoms with Crippen molar-refractivity contribution in [3.8, 4) is 0 Å². The summed E-state index contributed by atoms with van der Waals surface area (Å²) in [4.78, 5) is 14.4. The molecule has 0 N–H and O–H groups in total. The van der Waals surface area contributed by atoms with Crippen LogP contribution in [-0.4, -0.2) is 16.8 Å². The molecule has 3 nitrogen and oxygen atoms in total. The summed E-state index contributed by atoms with van der Waals surface area (Å²) in [5.41, 5.74) is 10.5. The van der Waals surface area contributed by atoms with Crippen molar-refractivity contribution in [1.82, 2.24) is 0 Å². The molecule has 0 saturated carbocycles. The minimum atomic E-state index is -0.198. The molecule has 1 aliphatic rings. The molecule has 76 valence electrons. The van der Waals surface area contributed by atoms with Gasteiger partial charge in [0.2, 0.25) is 5.78 Å². The van der Waals surface area contributed by atoms with E-state index in [0.717, 1.165) is 28.1 Å². The lowest BCUT2D eigenvalue weighted by atomic mass is 10.1. The van der Waals surface area contributed by atoms with Gasteiger partial charge >= 0.3 is 6.21 Å². The van der Waals surface area contributed by atoms with Crippen molar-refractivity contribution in [3.63, 3.8) is 0 Å². The van der Waals surface area contributed by atoms with Crippen LogP contribution in [0, 0.1) is 0 Å². The van der Waals surface area contributed by atoms with Crippen LogP contribution in [0.5, 0.6) is 0 Å². The van der Waals surface area contributed by atoms with E-state index in [1.165, 1.54) is 0 Å². The van der Waals surface area contributed by atoms with Crippen molar-refractivity contribution in [1.29, 1.82) is 0 Å². The Morgan fingerprint density at radius 3 is 2.88 bits per heavy atom. The number of ketones is 1. The van der Waals surface area contributed by atoms with E-state index in [2.05, 4.69) is 4.79 Å². The highest BCUT2D eigenvalue weighted by Crippen LogP contribution is 2.47. The highest BCUT2D eigenvalue weighted by atomic mass is 16.1. The van der Waals surface area contributed by atoms with E-state index >= 15 is 0 Å². The summed E-state index contributed by atoms with van der Waals surface area (Å²) in [6.45, 7) is 0. The number of carbonyl (C=O) groups excluding carboxylic acids is 1. The fourth-order valence-corrected chi connectivity index (χ4v) is 2.23. The number of fused-ring (bicyclic) bond motifs is 3. The van der Waals surface area contributed by atoms with E-state index in [1.54, 1.807) is 0 Å². The normalized spacial score (nSPS) is 16.4. The number of Topliss-reactive ketones (excluding diaryl/α,β-unsaturated/α-hetero) is 1. The molecule has 0 fully saturated rings. The lowest BCUT2D eigenvalue weighted by Crippen LogP contribution is -2.01. The molecule has 0 spiro atoms. The van der Waals surface area contributed by atoms with Crippen LogP contribution in [0.15, 0.2) is 36.4 Å². The first-order valence-corrected chi connectivity index (χ1v) is 5.06. The highest BCUT2D eigenvalue weighted by molar-refractivity contribution is 6.32. The zero-order valence-corrected chi connectivity index (χ0v) is 8.42. The quantitative estimate of drug-likeness (QED) is 0.424. The molecule has 0 heterocycles. The molecule has 0 saturated heterocycles. The molecule has 1 aliphatic carbocycles. The Morgan fingerprint density at radius 2 is 2.06 bits per heavy atom. The van der Waals surface area contributed by atoms with Gasteiger partial charge in [-0.05, 0) is 21.9 Å². The monoisotopic (exact) mass is 208 g/mol. The second-order valence-corrected chi connectivity index (χ2v) is 3.87. The largest absolute Gasteiger partial charge is 0.361 e. The SMILES string of the molecule is [N-]=[N+]=CC(=O)C1c2ccc3ccccc3c21. The van der Waals surface area contributed by atoms with E-state index in [0.29, 0.717) is 0 Å². The first kappa shape index (κ1) is 9.01. The topological polar surface area (TPSA) is 53.5 Å². The summed E-state index contributed by atoms with van der Waals surface area (Å²) in [5.74, 6) is -0.357. The second-order valence-electron chi connectivity index (χ2n) is 3.87. The van der Waals surface area contributed by atoms with Crippen molar-refractivity contribution < 1.29 is 9.58 Å². The smallest absolute Gasteiger partial charge is 0.324 e. The molecule has 2 aromatic carbocycles. The van der Waals surface area contributed by atoms with Gasteiger partial charge in [0.15, 0.2) is 0 Å². The number of hydrogen-bond donors (Lipinski definition) is 0. The minimum absolute atomic E-state index is 0.158. The van der Waals surface area contributed by atoms with Gasteiger partial charge in [0.25, 0.3) is 0 Å². The predicted octanol–water partition coefficient (Wildman–Crippen LogP) is 2.15. The molecule has 16 heavy (non-hydrogen) atoms. The summed E-state index contributed by atoms with van der Waals surface area (Å²) < 4.78 is 0. The van der Waals surface area contributed by atoms with Crippen LogP contribution in [0.4, 0.5) is 0 Å². The molecule has 0 aliphatic heterocycles. The fraction of sp³-hybridized carbons (Fsp3) is 0.0769. The van der Waals surface area contributed by atoms with Gasteiger partial charge < -0.3 is 5.53 Å². The van der Waals surface area contributed by atoms with Gasteiger partial charge in [-0.3, -0.25) is 4.79 Å². The summed E-state index contributed by atoms with van der Waals surface area (Å²) in [5, 5.41) is 2.25. The number of nitrogens with zero attached hydrogens (tertiary/aromatic N) is 2. The van der Waals surface area contributed by atoms with Crippen LogP contribution in [0.3, 0.4) is 0 Å². The van der Waals surface area contributed by atoms with Crippen molar-refractivity contribution in [3.05, 3.63) is 53.1 Å². The Bertz CT molecular complexity index is 654. The molecule has 1 atom stereocenters. The highest BCUT2D eigenvalue weighted by Gasteiger charge is 2.41. The van der Waals surface area contributed by atoms with Crippen LogP contribution in [0.2, 0.25) is 0 Å². The van der Waals surface area contributed by atoms with E-state index in [1.807, 2.05) is 36.4 Å². The molecule has 0 radical (unpaired) electrons. The minimum Gasteiger partial charge on any atom is -0.361 e. The third-order valence-corrected chi connectivity index (χ3v) is 2.99. The van der Waals surface area contributed by atoms with Gasteiger partial charge in [-0.25, -0.2) is 0 Å². The number of hydrogen-bond acceptors (Lipinski definition) is 1. The summed E-state index contributed by atoms with van der Waals surface area (Å²) in [7, 11) is 0. The van der Waals surface area contributed by atoms with Gasteiger partial charge in [0.05, 0.1) is 5.92 Å². The van der Waals surface area contributed by atoms with E-state index in [4.69, 9.17) is 5.53 Å². The maximum absolute atomic E-state index is 11.6. The van der Waals surface area contributed by atoms with Gasteiger partial charge in [0, 0.05) is 0 Å². The molecular weight excluding hydrogens is 200 g/mol. The molecule has 1 unspecified atom stereocenters. The molecule has 0 bridgehead atoms. The summed E-state index contributed by atoms with van der Waals surface area (Å²) in [6, 6.07) is 11.9. The van der Waals surface area contributed by atoms with Gasteiger partial charge in [-0.2, -0.15) is 4.79 Å². The Kier molecular flexibility index (Phi) is 1.76. The molecule has 3 heteroatoms. The first-order chi connectivity index (χ1) is 7.83. The van der Waals surface area contributed by atoms with Crippen LogP contribution >= 0.6 is 0 Å². The van der Waals surface area contributed by atoms with E-state index < -0.39 is 0 Å². The summed E-state index contributed by atoms with van der Waals surface area (Å²) in [6.07, 6.45) is 0.972. The molecular formula is C13H8N2O. The van der Waals surface area contributed by atoms with Crippen molar-refractivity contribution in [2.24, 2.45) is 0 Å². The van der Waals surface area contributed by atoms with Crippen molar-refractivity contribution >= 4 is 22.8 Å². The first-order valence-electron chi connectivity index (χ1n) is 5.06. The average Bonchev–Trinajstić information content (AvgIpc) is 3.04. The fourth-order valence-electron chi connectivity index (χ4n) is 2.23. The molecule has 3 rings (SSSR count). The number of carbonyl (C=O) groups is 1. The van der Waals surface area contributed by atoms with Crippen LogP contribution in [0.25, 0.3) is 16.3 Å². The maximum Gasteiger partial charge on any atom is 0.324 e. The van der Waals surface area contributed by atoms with E-state index in [9.17, 15) is 4.79 Å². The second kappa shape index (κ2) is 3.12. The number of benzene rings is 2. The van der Waals surface area contributed by atoms with Crippen LogP contribution in [0.1, 0.15) is 17.0 Å². The lowest BCUT2D eigenvalue weighted by Gasteiger charge is -1.92. The van der Waals surface area contributed by atoms with Crippen molar-refractivity contribution in [2.75, 3.05) is 0 Å². The Labute approximate surface area is 91.9 Å². The van der Waals surface area contributed by atoms with Gasteiger partial charge in [-0.1, -0.05) is 36.4 Å². The molecule has 2 aromatic rings. The Hall–Kier alpha value is -2.25. The zero-order chi connectivity index (χ0) is 11.1. The standard InChI is InChI=1S/C13H8N2O/c14-15-7-11(16)13-10-6-5-8-3-1-2-4-9(8)12(10)13/h1-7,13H.